The fourth-order valence-corrected chi connectivity index (χ4v) is 6.73. The molecule has 2 saturated heterocycles. The van der Waals surface area contributed by atoms with Gasteiger partial charge >= 0.3 is 5.97 Å². The fraction of sp³-hybridized carbons (Fsp3) is 0.636. The molecule has 0 aliphatic carbocycles. The van der Waals surface area contributed by atoms with Crippen LogP contribution in [-0.4, -0.2) is 156 Å². The Balaban J connectivity index is 0. The number of anilines is 1. The van der Waals surface area contributed by atoms with Crippen LogP contribution in [0.15, 0.2) is 30.4 Å². The normalized spacial score (nSPS) is 20.0. The van der Waals surface area contributed by atoms with E-state index in [1.807, 2.05) is 80.6 Å². The maximum Gasteiger partial charge on any atom is 0.332 e. The first-order chi connectivity index (χ1) is 30.8. The lowest BCUT2D eigenvalue weighted by Gasteiger charge is -2.31. The summed E-state index contributed by atoms with van der Waals surface area (Å²) in [6.45, 7) is 17.0. The Hall–Kier alpha value is -4.73. The van der Waals surface area contributed by atoms with E-state index in [9.17, 15) is 43.5 Å². The average Bonchev–Trinajstić information content (AvgIpc) is 3.79. The number of carboxylic acids is 1. The van der Waals surface area contributed by atoms with Gasteiger partial charge in [0.1, 0.15) is 25.2 Å². The van der Waals surface area contributed by atoms with Gasteiger partial charge in [-0.1, -0.05) is 61.5 Å². The highest BCUT2D eigenvalue weighted by molar-refractivity contribution is 7.93. The van der Waals surface area contributed by atoms with Crippen LogP contribution in [0.1, 0.15) is 92.2 Å². The number of ether oxygens (including phenoxy) is 3. The molecular weight excluding hydrogens is 855 g/mol. The number of hydrogen-bond donors (Lipinski definition) is 6. The third-order valence-corrected chi connectivity index (χ3v) is 9.72. The second kappa shape index (κ2) is 36.6. The maximum absolute atomic E-state index is 12.4. The molecule has 1 aromatic rings. The van der Waals surface area contributed by atoms with Gasteiger partial charge in [0.15, 0.2) is 6.10 Å². The summed E-state index contributed by atoms with van der Waals surface area (Å²) < 4.78 is 24.4. The smallest absolute Gasteiger partial charge is 0.332 e. The van der Waals surface area contributed by atoms with Crippen LogP contribution in [0.3, 0.4) is 0 Å². The number of aliphatic carboxylic acids is 1. The lowest BCUT2D eigenvalue weighted by molar-refractivity contribution is -0.166. The predicted molar refractivity (Wildman–Crippen MR) is 244 cm³/mol. The minimum absolute atomic E-state index is 0.0870. The van der Waals surface area contributed by atoms with Crippen molar-refractivity contribution in [1.29, 1.82) is 0 Å². The number of aryl methyl sites for hydroxylation is 1. The molecule has 1 aromatic carbocycles. The number of hydrogen-bond acceptors (Lipinski definition) is 16. The van der Waals surface area contributed by atoms with Crippen LogP contribution < -0.4 is 16.0 Å². The molecule has 6 atom stereocenters. The van der Waals surface area contributed by atoms with Crippen molar-refractivity contribution < 1.29 is 67.3 Å². The Morgan fingerprint density at radius 2 is 1.59 bits per heavy atom. The van der Waals surface area contributed by atoms with E-state index in [1.54, 1.807) is 7.05 Å². The first kappa shape index (κ1) is 61.4. The number of rotatable bonds is 21. The Bertz CT molecular complexity index is 1560. The van der Waals surface area contributed by atoms with Crippen LogP contribution in [0, 0.1) is 5.92 Å². The molecule has 20 heteroatoms. The van der Waals surface area contributed by atoms with Gasteiger partial charge in [-0.05, 0) is 67.5 Å². The van der Waals surface area contributed by atoms with Crippen LogP contribution in [0.25, 0.3) is 0 Å². The van der Waals surface area contributed by atoms with Gasteiger partial charge in [-0.15, -0.1) is 0 Å². The Morgan fingerprint density at radius 3 is 2.11 bits per heavy atom. The predicted octanol–water partition coefficient (Wildman–Crippen LogP) is 3.25. The zero-order valence-corrected chi connectivity index (χ0v) is 39.9. The molecule has 0 bridgehead atoms. The van der Waals surface area contributed by atoms with Gasteiger partial charge < -0.3 is 59.4 Å². The molecule has 0 aromatic heterocycles. The van der Waals surface area contributed by atoms with Crippen LogP contribution in [0.2, 0.25) is 0 Å². The van der Waals surface area contributed by atoms with E-state index >= 15 is 0 Å². The monoisotopic (exact) mass is 927 g/mol. The first-order valence-corrected chi connectivity index (χ1v) is 22.6. The van der Waals surface area contributed by atoms with Crippen LogP contribution in [0.5, 0.6) is 0 Å². The summed E-state index contributed by atoms with van der Waals surface area (Å²) >= 11 is 0.650. The number of nitrogens with zero attached hydrogens (tertiary/aromatic N) is 2. The standard InChI is InChI=1S/C17H23NO6.C13H16N2O6S.C8H16N2O2.3C2H6/c1-18-13-4-2-12(9-23-10-19)11(6-13)3-5-15-7-14(20)8-16(24-15)17(21)22;16-4-3-14-9(8-21-5-6-22-20)7-10(13(14)19)15-11(17)1-2-12(15)18;1-6(2)7(9-3)8(12)10-4-5-11;3*1-2/h2,4,6,10,14-16,18,20H,3,5,7-9H2,1H3,(H,21,22);1-2,4,9-10,20H,3,5-8H2;5-7,9H,4H2,1-3H3,(H,10,12);3*1-2H3. The highest BCUT2D eigenvalue weighted by Gasteiger charge is 2.46. The number of likely N-dealkylation sites (tertiary alicyclic amines) is 1. The highest BCUT2D eigenvalue weighted by atomic mass is 32.2. The van der Waals surface area contributed by atoms with E-state index < -0.39 is 41.9 Å². The molecule has 0 radical (unpaired) electrons. The van der Waals surface area contributed by atoms with Crippen molar-refractivity contribution in [2.75, 3.05) is 51.5 Å². The molecule has 2 fully saturated rings. The van der Waals surface area contributed by atoms with Crippen molar-refractivity contribution in [2.24, 2.45) is 5.92 Å². The molecule has 3 aliphatic rings. The zero-order chi connectivity index (χ0) is 49.2. The summed E-state index contributed by atoms with van der Waals surface area (Å²) in [5.41, 5.74) is 2.83. The van der Waals surface area contributed by atoms with E-state index in [2.05, 4.69) is 16.0 Å². The summed E-state index contributed by atoms with van der Waals surface area (Å²) in [5, 5.41) is 27.3. The minimum Gasteiger partial charge on any atom is -0.479 e. The zero-order valence-electron chi connectivity index (χ0n) is 39.1. The van der Waals surface area contributed by atoms with E-state index in [1.165, 1.54) is 4.90 Å². The Morgan fingerprint density at radius 1 is 0.953 bits per heavy atom. The maximum atomic E-state index is 12.4. The fourth-order valence-electron chi connectivity index (χ4n) is 6.53. The molecule has 0 saturated carbocycles. The van der Waals surface area contributed by atoms with Crippen molar-refractivity contribution in [3.63, 3.8) is 0 Å². The lowest BCUT2D eigenvalue weighted by Crippen LogP contribution is -2.46. The number of aliphatic hydroxyl groups is 1. The number of nitrogens with one attached hydrogen (secondary N) is 3. The summed E-state index contributed by atoms with van der Waals surface area (Å²) in [7, 11) is 3.55. The van der Waals surface area contributed by atoms with Gasteiger partial charge in [0.2, 0.25) is 11.8 Å². The second-order valence-electron chi connectivity index (χ2n) is 13.7. The average molecular weight is 928 g/mol. The largest absolute Gasteiger partial charge is 0.479 e. The Labute approximate surface area is 382 Å². The molecule has 3 aliphatic heterocycles. The lowest BCUT2D eigenvalue weighted by atomic mass is 9.95. The highest BCUT2D eigenvalue weighted by Crippen LogP contribution is 2.27. The summed E-state index contributed by atoms with van der Waals surface area (Å²) in [6, 6.07) is 4.26. The molecule has 6 N–H and O–H groups in total. The topological polar surface area (TPSA) is 268 Å². The first-order valence-electron chi connectivity index (χ1n) is 21.7. The van der Waals surface area contributed by atoms with Gasteiger partial charge in [0.05, 0.1) is 50.6 Å². The molecule has 6 unspecified atom stereocenters. The van der Waals surface area contributed by atoms with Crippen LogP contribution in [-0.2, 0) is 65.6 Å². The third kappa shape index (κ3) is 21.8. The third-order valence-electron chi connectivity index (χ3n) is 9.37. The number of carbonyl (C=O) groups is 8. The van der Waals surface area contributed by atoms with Crippen molar-refractivity contribution in [1.82, 2.24) is 20.4 Å². The van der Waals surface area contributed by atoms with Gasteiger partial charge in [-0.2, -0.15) is 0 Å². The number of aldehydes is 2. The number of carbonyl (C=O) groups excluding carboxylic acids is 7. The number of benzene rings is 1. The molecule has 3 heterocycles. The van der Waals surface area contributed by atoms with Crippen molar-refractivity contribution >= 4 is 66.4 Å². The quantitative estimate of drug-likeness (QED) is 0.0447. The summed E-state index contributed by atoms with van der Waals surface area (Å²) in [5.74, 6) is -2.02. The van der Waals surface area contributed by atoms with Gasteiger partial charge in [0.25, 0.3) is 18.3 Å². The van der Waals surface area contributed by atoms with Gasteiger partial charge in [-0.3, -0.25) is 28.9 Å². The van der Waals surface area contributed by atoms with Crippen molar-refractivity contribution in [3.8, 4) is 0 Å². The van der Waals surface area contributed by atoms with Gasteiger partial charge in [-0.25, -0.2) is 4.79 Å². The Kier molecular flexibility index (Phi) is 35.1. The molecule has 0 spiro atoms. The molecule has 4 amide bonds. The SMILES string of the molecule is CC.CC.CC.CNC(C(=O)NCC=O)C(C)C.CNc1ccc(COC=O)c(CCC2CC(O)CC(C(=O)O)O2)c1.O=CCN1C(=O)C(N2C(=O)C=CC2=O)CC1COCCSO. The van der Waals surface area contributed by atoms with E-state index in [0.29, 0.717) is 62.7 Å². The molecular formula is C44H73N5O14S. The second-order valence-corrected chi connectivity index (χ2v) is 14.3. The molecule has 19 nitrogen and oxygen atoms in total. The minimum atomic E-state index is -1.05. The number of likely N-dealkylation sites (N-methyl/N-ethyl adjacent to an activating group) is 1. The molecule has 4 rings (SSSR count). The number of amides is 4. The summed E-state index contributed by atoms with van der Waals surface area (Å²) in [4.78, 5) is 91.5. The number of carboxylic acid groups (broad SMARTS) is 1. The molecule has 64 heavy (non-hydrogen) atoms. The number of imide groups is 1. The van der Waals surface area contributed by atoms with Crippen LogP contribution >= 0.6 is 12.0 Å². The van der Waals surface area contributed by atoms with Crippen molar-refractivity contribution in [2.45, 2.75) is 131 Å². The van der Waals surface area contributed by atoms with Gasteiger partial charge in [0, 0.05) is 43.5 Å². The van der Waals surface area contributed by atoms with E-state index in [0.717, 1.165) is 33.9 Å². The number of aliphatic hydroxyl groups excluding tert-OH is 1. The van der Waals surface area contributed by atoms with E-state index in [-0.39, 0.29) is 69.2 Å². The summed E-state index contributed by atoms with van der Waals surface area (Å²) in [6.07, 6.45) is 3.60. The van der Waals surface area contributed by atoms with Crippen LogP contribution in [0.4, 0.5) is 5.69 Å². The molecule has 364 valence electrons. The van der Waals surface area contributed by atoms with Crippen molar-refractivity contribution in [3.05, 3.63) is 41.5 Å². The van der Waals surface area contributed by atoms with E-state index in [4.69, 9.17) is 23.9 Å².